The molecule has 4 nitrogen and oxygen atoms in total. The Morgan fingerprint density at radius 1 is 1.31 bits per heavy atom. The summed E-state index contributed by atoms with van der Waals surface area (Å²) in [5.74, 6) is 0. The smallest absolute Gasteiger partial charge is 0.177 e. The van der Waals surface area contributed by atoms with Crippen molar-refractivity contribution in [1.82, 2.24) is 19.8 Å². The summed E-state index contributed by atoms with van der Waals surface area (Å²) in [5.41, 5.74) is 1.75. The molecule has 2 aromatic heterocycles. The van der Waals surface area contributed by atoms with Crippen LogP contribution in [0.1, 0.15) is 26.0 Å². The third-order valence-corrected chi connectivity index (χ3v) is 1.30. The number of hydrogen-bond acceptors (Lipinski definition) is 3. The molecule has 0 unspecified atom stereocenters. The van der Waals surface area contributed by atoms with Crippen LogP contribution in [0.25, 0.3) is 5.65 Å². The van der Waals surface area contributed by atoms with Crippen molar-refractivity contribution in [2.24, 2.45) is 0 Å². The maximum absolute atomic E-state index is 4.13. The molecule has 4 heteroatoms. The molecular weight excluding hydrogens is 164 g/mol. The van der Waals surface area contributed by atoms with E-state index in [0.717, 1.165) is 11.3 Å². The minimum atomic E-state index is 0.783. The van der Waals surface area contributed by atoms with Gasteiger partial charge >= 0.3 is 0 Å². The first-order valence-electron chi connectivity index (χ1n) is 4.41. The molecule has 70 valence electrons. The van der Waals surface area contributed by atoms with E-state index in [1.165, 1.54) is 6.42 Å². The van der Waals surface area contributed by atoms with Gasteiger partial charge in [0.1, 0.15) is 6.33 Å². The summed E-state index contributed by atoms with van der Waals surface area (Å²) in [6.45, 7) is 6.18. The van der Waals surface area contributed by atoms with Crippen LogP contribution in [-0.2, 0) is 0 Å². The fourth-order valence-corrected chi connectivity index (χ4v) is 0.824. The second-order valence-corrected chi connectivity index (χ2v) is 2.82. The highest BCUT2D eigenvalue weighted by Gasteiger charge is 1.92. The molecule has 2 aromatic rings. The minimum Gasteiger partial charge on any atom is -0.200 e. The van der Waals surface area contributed by atoms with E-state index in [4.69, 9.17) is 0 Å². The van der Waals surface area contributed by atoms with Crippen LogP contribution in [0.2, 0.25) is 0 Å². The summed E-state index contributed by atoms with van der Waals surface area (Å²) in [4.78, 5) is 0. The largest absolute Gasteiger partial charge is 0.200 e. The lowest BCUT2D eigenvalue weighted by molar-refractivity contribution is 0.893. The van der Waals surface area contributed by atoms with Gasteiger partial charge in [0.2, 0.25) is 0 Å². The average molecular weight is 178 g/mol. The Balaban J connectivity index is 0.000000251. The summed E-state index contributed by atoms with van der Waals surface area (Å²) in [7, 11) is 0. The highest BCUT2D eigenvalue weighted by molar-refractivity contribution is 5.33. The van der Waals surface area contributed by atoms with Crippen molar-refractivity contribution in [3.05, 3.63) is 24.2 Å². The topological polar surface area (TPSA) is 43.1 Å². The Morgan fingerprint density at radius 3 is 2.69 bits per heavy atom. The van der Waals surface area contributed by atoms with E-state index in [-0.39, 0.29) is 0 Å². The Hall–Kier alpha value is -1.45. The molecule has 2 heterocycles. The van der Waals surface area contributed by atoms with Gasteiger partial charge in [-0.2, -0.15) is 5.10 Å². The fraction of sp³-hybridized carbons (Fsp3) is 0.444. The van der Waals surface area contributed by atoms with Crippen LogP contribution in [0.5, 0.6) is 0 Å². The molecule has 0 aliphatic carbocycles. The van der Waals surface area contributed by atoms with Gasteiger partial charge in [0, 0.05) is 0 Å². The lowest BCUT2D eigenvalue weighted by atomic mass is 10.4. The lowest BCUT2D eigenvalue weighted by Crippen LogP contribution is -1.91. The number of nitrogens with zero attached hydrogens (tertiary/aromatic N) is 4. The van der Waals surface area contributed by atoms with Crippen LogP contribution in [0.3, 0.4) is 0 Å². The van der Waals surface area contributed by atoms with Gasteiger partial charge in [-0.3, -0.25) is 0 Å². The molecule has 0 aromatic carbocycles. The Bertz CT molecular complexity index is 366. The second-order valence-electron chi connectivity index (χ2n) is 2.82. The van der Waals surface area contributed by atoms with Gasteiger partial charge in [0.15, 0.2) is 5.65 Å². The van der Waals surface area contributed by atoms with Crippen molar-refractivity contribution in [3.63, 3.8) is 0 Å². The number of aryl methyl sites for hydroxylation is 1. The Labute approximate surface area is 77.6 Å². The summed E-state index contributed by atoms with van der Waals surface area (Å²) < 4.78 is 1.65. The first-order valence-corrected chi connectivity index (χ1v) is 4.41. The van der Waals surface area contributed by atoms with E-state index < -0.39 is 0 Å². The maximum atomic E-state index is 4.13. The summed E-state index contributed by atoms with van der Waals surface area (Å²) >= 11 is 0. The minimum absolute atomic E-state index is 0.783. The first-order chi connectivity index (χ1) is 6.27. The molecule has 0 atom stereocenters. The molecular formula is C9H14N4. The Kier molecular flexibility index (Phi) is 3.37. The van der Waals surface area contributed by atoms with E-state index in [2.05, 4.69) is 29.1 Å². The van der Waals surface area contributed by atoms with Crippen molar-refractivity contribution in [2.75, 3.05) is 0 Å². The van der Waals surface area contributed by atoms with Gasteiger partial charge in [-0.05, 0) is 19.1 Å². The third-order valence-electron chi connectivity index (χ3n) is 1.30. The molecule has 0 N–H and O–H groups in total. The molecule has 13 heavy (non-hydrogen) atoms. The van der Waals surface area contributed by atoms with Gasteiger partial charge in [-0.1, -0.05) is 20.3 Å². The zero-order chi connectivity index (χ0) is 9.68. The van der Waals surface area contributed by atoms with E-state index in [1.807, 2.05) is 19.1 Å². The van der Waals surface area contributed by atoms with E-state index in [0.29, 0.717) is 0 Å². The van der Waals surface area contributed by atoms with Crippen molar-refractivity contribution in [3.8, 4) is 0 Å². The summed E-state index contributed by atoms with van der Waals surface area (Å²) in [5, 5.41) is 11.6. The van der Waals surface area contributed by atoms with Crippen LogP contribution >= 0.6 is 0 Å². The predicted octanol–water partition coefficient (Wildman–Crippen LogP) is 1.85. The number of fused-ring (bicyclic) bond motifs is 1. The molecule has 0 fully saturated rings. The van der Waals surface area contributed by atoms with E-state index in [1.54, 1.807) is 10.8 Å². The quantitative estimate of drug-likeness (QED) is 0.618. The second kappa shape index (κ2) is 4.54. The van der Waals surface area contributed by atoms with Gasteiger partial charge in [-0.15, -0.1) is 10.2 Å². The molecule has 0 aliphatic heterocycles. The lowest BCUT2D eigenvalue weighted by Gasteiger charge is -1.90. The monoisotopic (exact) mass is 178 g/mol. The molecule has 0 amide bonds. The van der Waals surface area contributed by atoms with Crippen LogP contribution < -0.4 is 0 Å². The highest BCUT2D eigenvalue weighted by Crippen LogP contribution is 1.96. The van der Waals surface area contributed by atoms with Crippen molar-refractivity contribution >= 4 is 5.65 Å². The van der Waals surface area contributed by atoms with Crippen molar-refractivity contribution in [2.45, 2.75) is 27.2 Å². The van der Waals surface area contributed by atoms with Crippen molar-refractivity contribution < 1.29 is 0 Å². The Morgan fingerprint density at radius 2 is 2.00 bits per heavy atom. The van der Waals surface area contributed by atoms with Crippen LogP contribution in [0.15, 0.2) is 18.5 Å². The zero-order valence-electron chi connectivity index (χ0n) is 8.23. The van der Waals surface area contributed by atoms with Crippen LogP contribution in [0.4, 0.5) is 0 Å². The molecule has 0 radical (unpaired) electrons. The fourth-order valence-electron chi connectivity index (χ4n) is 0.824. The standard InChI is InChI=1S/C6H6N4.C3H8/c1-5-2-3-6-8-7-4-10(6)9-5;1-3-2/h2-4H,1H3;3H2,1-2H3. The van der Waals surface area contributed by atoms with Crippen molar-refractivity contribution in [1.29, 1.82) is 0 Å². The number of aromatic nitrogens is 4. The maximum Gasteiger partial charge on any atom is 0.177 e. The molecule has 0 saturated heterocycles. The van der Waals surface area contributed by atoms with Gasteiger partial charge < -0.3 is 0 Å². The van der Waals surface area contributed by atoms with Gasteiger partial charge in [-0.25, -0.2) is 4.52 Å². The molecule has 2 rings (SSSR count). The summed E-state index contributed by atoms with van der Waals surface area (Å²) in [6, 6.07) is 3.79. The van der Waals surface area contributed by atoms with Gasteiger partial charge in [0.05, 0.1) is 5.69 Å². The normalized spacial score (nSPS) is 9.46. The number of hydrogen-bond donors (Lipinski definition) is 0. The van der Waals surface area contributed by atoms with Crippen LogP contribution in [-0.4, -0.2) is 19.8 Å². The molecule has 0 spiro atoms. The SMILES string of the molecule is CCC.Cc1ccc2nncn2n1. The average Bonchev–Trinajstić information content (AvgIpc) is 2.52. The van der Waals surface area contributed by atoms with E-state index in [9.17, 15) is 0 Å². The third kappa shape index (κ3) is 2.50. The number of rotatable bonds is 0. The predicted molar refractivity (Wildman–Crippen MR) is 51.5 cm³/mol. The molecule has 0 aliphatic rings. The van der Waals surface area contributed by atoms with Crippen LogP contribution in [0, 0.1) is 6.92 Å². The summed E-state index contributed by atoms with van der Waals surface area (Å²) in [6.07, 6.45) is 2.84. The zero-order valence-corrected chi connectivity index (χ0v) is 8.23. The highest BCUT2D eigenvalue weighted by atomic mass is 15.3. The van der Waals surface area contributed by atoms with E-state index >= 15 is 0 Å². The van der Waals surface area contributed by atoms with Gasteiger partial charge in [0.25, 0.3) is 0 Å². The molecule has 0 bridgehead atoms. The first kappa shape index (κ1) is 9.64. The molecule has 0 saturated carbocycles.